The Morgan fingerprint density at radius 3 is 2.14 bits per heavy atom. The van der Waals surface area contributed by atoms with Gasteiger partial charge in [0, 0.05) is 29.1 Å². The molecule has 2 aromatic carbocycles. The monoisotopic (exact) mass is 645 g/mol. The first-order valence-electron chi connectivity index (χ1n) is 11.6. The highest BCUT2D eigenvalue weighted by molar-refractivity contribution is 8.26. The standard InChI is InChI=1S/C26H17F6N3O4S3/c27-25(28,29)14-7-13(8-15(9-14)26(30,31)32)18-10-17(41-21(18)33)11-19-22(37)35(24(40)42-19)6-5-20(36)34-16-3-1-12(2-4-16)23(38)39/h1-4,7-11H,5-6,33H2,(H,34,36)(H,38,39)/b19-11-. The number of benzene rings is 2. The molecule has 0 unspecified atom stereocenters. The predicted octanol–water partition coefficient (Wildman–Crippen LogP) is 6.96. The SMILES string of the molecule is Nc1sc(/C=C2\SC(=S)N(CCC(=O)Nc3ccc(C(=O)O)cc3)C2=O)cc1-c1cc(C(F)(F)F)cc(C(F)(F)F)c1. The molecule has 0 bridgehead atoms. The fourth-order valence-electron chi connectivity index (χ4n) is 3.79. The third kappa shape index (κ3) is 7.11. The van der Waals surface area contributed by atoms with Gasteiger partial charge in [0.05, 0.1) is 26.6 Å². The number of carboxylic acids is 1. The van der Waals surface area contributed by atoms with Gasteiger partial charge < -0.3 is 16.2 Å². The van der Waals surface area contributed by atoms with E-state index in [4.69, 9.17) is 23.1 Å². The van der Waals surface area contributed by atoms with Gasteiger partial charge in [-0.25, -0.2) is 4.79 Å². The van der Waals surface area contributed by atoms with Crippen molar-refractivity contribution in [3.63, 3.8) is 0 Å². The van der Waals surface area contributed by atoms with Crippen molar-refractivity contribution in [1.29, 1.82) is 0 Å². The van der Waals surface area contributed by atoms with Gasteiger partial charge in [-0.05, 0) is 60.2 Å². The summed E-state index contributed by atoms with van der Waals surface area (Å²) in [5, 5.41) is 11.5. The van der Waals surface area contributed by atoms with Crippen LogP contribution in [-0.4, -0.2) is 38.7 Å². The normalized spacial score (nSPS) is 15.0. The van der Waals surface area contributed by atoms with Crippen LogP contribution in [-0.2, 0) is 21.9 Å². The highest BCUT2D eigenvalue weighted by Crippen LogP contribution is 2.43. The number of thioether (sulfide) groups is 1. The number of nitrogens with two attached hydrogens (primary N) is 1. The highest BCUT2D eigenvalue weighted by atomic mass is 32.2. The molecule has 1 saturated heterocycles. The van der Waals surface area contributed by atoms with Crippen molar-refractivity contribution >= 4 is 74.2 Å². The molecule has 4 rings (SSSR count). The van der Waals surface area contributed by atoms with E-state index in [0.29, 0.717) is 17.8 Å². The molecule has 0 aliphatic carbocycles. The maximum absolute atomic E-state index is 13.3. The molecule has 1 fully saturated rings. The van der Waals surface area contributed by atoms with E-state index in [2.05, 4.69) is 5.32 Å². The van der Waals surface area contributed by atoms with Crippen molar-refractivity contribution in [3.05, 3.63) is 75.0 Å². The predicted molar refractivity (Wildman–Crippen MR) is 151 cm³/mol. The van der Waals surface area contributed by atoms with Gasteiger partial charge in [-0.15, -0.1) is 11.3 Å². The van der Waals surface area contributed by atoms with Crippen LogP contribution in [0.2, 0.25) is 0 Å². The van der Waals surface area contributed by atoms with Crippen LogP contribution >= 0.6 is 35.3 Å². The van der Waals surface area contributed by atoms with Crippen molar-refractivity contribution in [2.75, 3.05) is 17.6 Å². The molecule has 42 heavy (non-hydrogen) atoms. The van der Waals surface area contributed by atoms with Crippen LogP contribution < -0.4 is 11.1 Å². The number of thiocarbonyl (C=S) groups is 1. The maximum Gasteiger partial charge on any atom is 0.416 e. The number of carboxylic acid groups (broad SMARTS) is 1. The largest absolute Gasteiger partial charge is 0.478 e. The van der Waals surface area contributed by atoms with Crippen LogP contribution in [0.1, 0.15) is 32.8 Å². The Hall–Kier alpha value is -3.89. The fraction of sp³-hybridized carbons (Fsp3) is 0.154. The van der Waals surface area contributed by atoms with E-state index in [1.807, 2.05) is 0 Å². The van der Waals surface area contributed by atoms with Gasteiger partial charge in [0.25, 0.3) is 5.91 Å². The Bertz CT molecular complexity index is 1580. The summed E-state index contributed by atoms with van der Waals surface area (Å²) in [5.74, 6) is -2.13. The first-order valence-corrected chi connectivity index (χ1v) is 13.6. The van der Waals surface area contributed by atoms with Crippen LogP contribution in [0.15, 0.2) is 53.4 Å². The molecule has 0 saturated carbocycles. The Kier molecular flexibility index (Phi) is 8.71. The average molecular weight is 646 g/mol. The molecule has 0 radical (unpaired) electrons. The van der Waals surface area contributed by atoms with E-state index in [1.165, 1.54) is 41.3 Å². The summed E-state index contributed by atoms with van der Waals surface area (Å²) in [6.45, 7) is -0.0800. The molecule has 1 aliphatic rings. The summed E-state index contributed by atoms with van der Waals surface area (Å²) in [5.41, 5.74) is 2.92. The molecule has 4 N–H and O–H groups in total. The lowest BCUT2D eigenvalue weighted by Crippen LogP contribution is -2.31. The summed E-state index contributed by atoms with van der Waals surface area (Å²) in [6.07, 6.45) is -8.83. The molecule has 2 heterocycles. The molecule has 16 heteroatoms. The van der Waals surface area contributed by atoms with E-state index in [0.717, 1.165) is 23.1 Å². The summed E-state index contributed by atoms with van der Waals surface area (Å²) in [6, 6.07) is 7.90. The number of carbonyl (C=O) groups excluding carboxylic acids is 2. The molecule has 1 aliphatic heterocycles. The summed E-state index contributed by atoms with van der Waals surface area (Å²) >= 11 is 7.01. The lowest BCUT2D eigenvalue weighted by molar-refractivity contribution is -0.143. The second kappa shape index (κ2) is 11.8. The quantitative estimate of drug-likeness (QED) is 0.145. The molecule has 220 valence electrons. The Balaban J connectivity index is 1.49. The third-order valence-corrected chi connectivity index (χ3v) is 8.09. The summed E-state index contributed by atoms with van der Waals surface area (Å²) < 4.78 is 79.9. The minimum Gasteiger partial charge on any atom is -0.478 e. The number of amides is 2. The average Bonchev–Trinajstić information content (AvgIpc) is 3.39. The number of carbonyl (C=O) groups is 3. The lowest BCUT2D eigenvalue weighted by Gasteiger charge is -2.14. The highest BCUT2D eigenvalue weighted by Gasteiger charge is 2.37. The number of halogens is 6. The summed E-state index contributed by atoms with van der Waals surface area (Å²) in [4.78, 5) is 37.8. The number of hydrogen-bond acceptors (Lipinski definition) is 7. The number of anilines is 2. The van der Waals surface area contributed by atoms with Gasteiger partial charge >= 0.3 is 18.3 Å². The van der Waals surface area contributed by atoms with E-state index in [-0.39, 0.29) is 54.8 Å². The van der Waals surface area contributed by atoms with Crippen molar-refractivity contribution in [2.45, 2.75) is 18.8 Å². The third-order valence-electron chi connectivity index (χ3n) is 5.80. The van der Waals surface area contributed by atoms with Gasteiger partial charge in [-0.3, -0.25) is 14.5 Å². The van der Waals surface area contributed by atoms with Crippen LogP contribution in [0.4, 0.5) is 37.0 Å². The molecule has 7 nitrogen and oxygen atoms in total. The number of hydrogen-bond donors (Lipinski definition) is 3. The number of aromatic carboxylic acids is 1. The summed E-state index contributed by atoms with van der Waals surface area (Å²) in [7, 11) is 0. The topological polar surface area (TPSA) is 113 Å². The Morgan fingerprint density at radius 2 is 1.60 bits per heavy atom. The first-order chi connectivity index (χ1) is 19.5. The van der Waals surface area contributed by atoms with Gasteiger partial charge in [-0.1, -0.05) is 24.0 Å². The molecule has 0 atom stereocenters. The van der Waals surface area contributed by atoms with Crippen LogP contribution in [0.5, 0.6) is 0 Å². The Morgan fingerprint density at radius 1 is 1.00 bits per heavy atom. The van der Waals surface area contributed by atoms with Crippen molar-refractivity contribution in [2.24, 2.45) is 0 Å². The van der Waals surface area contributed by atoms with Gasteiger partial charge in [0.2, 0.25) is 5.91 Å². The minimum absolute atomic E-state index is 0.0215. The first kappa shape index (κ1) is 31.1. The van der Waals surface area contributed by atoms with Crippen molar-refractivity contribution in [1.82, 2.24) is 4.90 Å². The number of nitrogen functional groups attached to an aromatic ring is 1. The number of rotatable bonds is 7. The smallest absolute Gasteiger partial charge is 0.416 e. The van der Waals surface area contributed by atoms with Gasteiger partial charge in [0.1, 0.15) is 4.32 Å². The van der Waals surface area contributed by atoms with Gasteiger partial charge in [-0.2, -0.15) is 26.3 Å². The number of nitrogens with one attached hydrogen (secondary N) is 1. The Labute approximate surface area is 247 Å². The van der Waals surface area contributed by atoms with E-state index < -0.39 is 41.3 Å². The minimum atomic E-state index is -5.03. The molecule has 3 aromatic rings. The van der Waals surface area contributed by atoms with Crippen LogP contribution in [0.25, 0.3) is 17.2 Å². The molecule has 0 spiro atoms. The zero-order chi connectivity index (χ0) is 31.0. The molecular formula is C26H17F6N3O4S3. The van der Waals surface area contributed by atoms with E-state index >= 15 is 0 Å². The zero-order valence-corrected chi connectivity index (χ0v) is 23.2. The van der Waals surface area contributed by atoms with Crippen LogP contribution in [0, 0.1) is 0 Å². The van der Waals surface area contributed by atoms with Crippen molar-refractivity contribution in [3.8, 4) is 11.1 Å². The number of thiophene rings is 1. The fourth-order valence-corrected chi connectivity index (χ4v) is 6.06. The number of nitrogens with zero attached hydrogens (tertiary/aromatic N) is 1. The van der Waals surface area contributed by atoms with E-state index in [9.17, 15) is 40.7 Å². The zero-order valence-electron chi connectivity index (χ0n) is 20.8. The second-order valence-corrected chi connectivity index (χ2v) is 11.5. The molecule has 2 amide bonds. The maximum atomic E-state index is 13.3. The van der Waals surface area contributed by atoms with Gasteiger partial charge in [0.15, 0.2) is 0 Å². The van der Waals surface area contributed by atoms with Crippen LogP contribution in [0.3, 0.4) is 0 Å². The molecule has 1 aromatic heterocycles. The van der Waals surface area contributed by atoms with E-state index in [1.54, 1.807) is 0 Å². The second-order valence-electron chi connectivity index (χ2n) is 8.74. The van der Waals surface area contributed by atoms with Crippen molar-refractivity contribution < 1.29 is 45.8 Å². The lowest BCUT2D eigenvalue weighted by atomic mass is 10.00. The molecular weight excluding hydrogens is 628 g/mol. The number of alkyl halides is 6.